The van der Waals surface area contributed by atoms with Crippen molar-refractivity contribution >= 4 is 33.3 Å². The molecular weight excluding hydrogens is 374 g/mol. The second-order valence-electron chi connectivity index (χ2n) is 5.00. The molecule has 0 heterocycles. The van der Waals surface area contributed by atoms with Crippen LogP contribution in [0.15, 0.2) is 40.9 Å². The zero-order chi connectivity index (χ0) is 17.7. The molecule has 0 bridgehead atoms. The maximum atomic E-state index is 12.8. The molecule has 2 aromatic carbocycles. The Morgan fingerprint density at radius 1 is 1.17 bits per heavy atom. The first kappa shape index (κ1) is 18.0. The molecule has 0 aromatic heterocycles. The summed E-state index contributed by atoms with van der Waals surface area (Å²) in [6.07, 6.45) is 0. The maximum absolute atomic E-state index is 12.8. The van der Waals surface area contributed by atoms with Crippen molar-refractivity contribution in [2.24, 2.45) is 0 Å². The van der Waals surface area contributed by atoms with Crippen molar-refractivity contribution in [2.45, 2.75) is 13.8 Å². The van der Waals surface area contributed by atoms with Crippen LogP contribution in [0.25, 0.3) is 0 Å². The largest absolute Gasteiger partial charge is 0.497 e. The highest BCUT2D eigenvalue weighted by atomic mass is 79.9. The van der Waals surface area contributed by atoms with Gasteiger partial charge >= 0.3 is 0 Å². The average molecular weight is 392 g/mol. The number of ketones is 1. The molecule has 0 fully saturated rings. The number of carbonyl (C=O) groups is 2. The Bertz CT molecular complexity index is 756. The minimum absolute atomic E-state index is 0.204. The predicted molar refractivity (Wildman–Crippen MR) is 96.0 cm³/mol. The van der Waals surface area contributed by atoms with Crippen LogP contribution in [-0.2, 0) is 4.79 Å². The standard InChI is InChI=1S/C18H18BrNO4/c1-4-24-17-10-16(20-11(2)21)14(9-15(17)19)18(22)12-5-7-13(23-3)8-6-12/h5-10H,4H2,1-3H3,(H,20,21). The minimum Gasteiger partial charge on any atom is -0.497 e. The van der Waals surface area contributed by atoms with E-state index in [0.717, 1.165) is 0 Å². The molecule has 0 saturated carbocycles. The molecule has 0 spiro atoms. The minimum atomic E-state index is -0.261. The lowest BCUT2D eigenvalue weighted by atomic mass is 10.0. The highest BCUT2D eigenvalue weighted by molar-refractivity contribution is 9.10. The highest BCUT2D eigenvalue weighted by Gasteiger charge is 2.18. The Morgan fingerprint density at radius 2 is 1.83 bits per heavy atom. The van der Waals surface area contributed by atoms with Crippen LogP contribution < -0.4 is 14.8 Å². The fraction of sp³-hybridized carbons (Fsp3) is 0.222. The molecular formula is C18H18BrNO4. The molecule has 2 aromatic rings. The van der Waals surface area contributed by atoms with Crippen molar-refractivity contribution in [3.63, 3.8) is 0 Å². The van der Waals surface area contributed by atoms with Crippen molar-refractivity contribution in [2.75, 3.05) is 19.0 Å². The van der Waals surface area contributed by atoms with Gasteiger partial charge in [-0.25, -0.2) is 0 Å². The van der Waals surface area contributed by atoms with Gasteiger partial charge < -0.3 is 14.8 Å². The number of carbonyl (C=O) groups excluding carboxylic acids is 2. The van der Waals surface area contributed by atoms with Gasteiger partial charge in [0.2, 0.25) is 5.91 Å². The monoisotopic (exact) mass is 391 g/mol. The summed E-state index contributed by atoms with van der Waals surface area (Å²) in [5, 5.41) is 2.69. The van der Waals surface area contributed by atoms with Crippen molar-refractivity contribution in [1.29, 1.82) is 0 Å². The normalized spacial score (nSPS) is 10.2. The van der Waals surface area contributed by atoms with E-state index in [1.165, 1.54) is 6.92 Å². The Balaban J connectivity index is 2.47. The molecule has 0 unspecified atom stereocenters. The molecule has 1 N–H and O–H groups in total. The SMILES string of the molecule is CCOc1cc(NC(C)=O)c(C(=O)c2ccc(OC)cc2)cc1Br. The van der Waals surface area contributed by atoms with Crippen LogP contribution >= 0.6 is 15.9 Å². The van der Waals surface area contributed by atoms with Gasteiger partial charge in [0.05, 0.1) is 23.9 Å². The lowest BCUT2D eigenvalue weighted by molar-refractivity contribution is -0.114. The van der Waals surface area contributed by atoms with Crippen LogP contribution in [0.1, 0.15) is 29.8 Å². The summed E-state index contributed by atoms with van der Waals surface area (Å²) in [6, 6.07) is 10.1. The quantitative estimate of drug-likeness (QED) is 0.754. The van der Waals surface area contributed by atoms with E-state index in [-0.39, 0.29) is 11.7 Å². The lowest BCUT2D eigenvalue weighted by Gasteiger charge is -2.14. The van der Waals surface area contributed by atoms with Crippen LogP contribution in [-0.4, -0.2) is 25.4 Å². The predicted octanol–water partition coefficient (Wildman–Crippen LogP) is 4.05. The summed E-state index contributed by atoms with van der Waals surface area (Å²) in [5.74, 6) is 0.766. The molecule has 0 aliphatic rings. The van der Waals surface area contributed by atoms with E-state index < -0.39 is 0 Å². The summed E-state index contributed by atoms with van der Waals surface area (Å²) >= 11 is 3.40. The summed E-state index contributed by atoms with van der Waals surface area (Å²) < 4.78 is 11.3. The molecule has 2 rings (SSSR count). The van der Waals surface area contributed by atoms with Crippen LogP contribution in [0.2, 0.25) is 0 Å². The first-order chi connectivity index (χ1) is 11.5. The second kappa shape index (κ2) is 7.97. The molecule has 6 heteroatoms. The smallest absolute Gasteiger partial charge is 0.221 e. The molecule has 0 aliphatic carbocycles. The second-order valence-corrected chi connectivity index (χ2v) is 5.85. The van der Waals surface area contributed by atoms with Gasteiger partial charge in [-0.05, 0) is 53.2 Å². The topological polar surface area (TPSA) is 64.6 Å². The maximum Gasteiger partial charge on any atom is 0.221 e. The number of methoxy groups -OCH3 is 1. The van der Waals surface area contributed by atoms with E-state index in [9.17, 15) is 9.59 Å². The van der Waals surface area contributed by atoms with Gasteiger partial charge in [0, 0.05) is 24.1 Å². The van der Waals surface area contributed by atoms with E-state index in [1.807, 2.05) is 6.92 Å². The number of halogens is 1. The highest BCUT2D eigenvalue weighted by Crippen LogP contribution is 2.33. The number of hydrogen-bond acceptors (Lipinski definition) is 4. The zero-order valence-corrected chi connectivity index (χ0v) is 15.3. The van der Waals surface area contributed by atoms with Crippen LogP contribution in [0, 0.1) is 0 Å². The summed E-state index contributed by atoms with van der Waals surface area (Å²) in [5.41, 5.74) is 1.29. The van der Waals surface area contributed by atoms with Crippen LogP contribution in [0.4, 0.5) is 5.69 Å². The number of anilines is 1. The lowest BCUT2D eigenvalue weighted by Crippen LogP contribution is -2.12. The van der Waals surface area contributed by atoms with Crippen LogP contribution in [0.3, 0.4) is 0 Å². The van der Waals surface area contributed by atoms with Gasteiger partial charge in [-0.1, -0.05) is 0 Å². The number of amides is 1. The first-order valence-corrected chi connectivity index (χ1v) is 8.18. The third kappa shape index (κ3) is 4.14. The number of hydrogen-bond donors (Lipinski definition) is 1. The van der Waals surface area contributed by atoms with Gasteiger partial charge in [0.25, 0.3) is 0 Å². The Labute approximate surface area is 149 Å². The zero-order valence-electron chi connectivity index (χ0n) is 13.7. The van der Waals surface area contributed by atoms with Gasteiger partial charge in [0.15, 0.2) is 5.78 Å². The van der Waals surface area contributed by atoms with E-state index in [4.69, 9.17) is 9.47 Å². The number of rotatable bonds is 6. The van der Waals surface area contributed by atoms with Crippen molar-refractivity contribution < 1.29 is 19.1 Å². The molecule has 0 aliphatic heterocycles. The molecule has 1 amide bonds. The third-order valence-electron chi connectivity index (χ3n) is 3.28. The van der Waals surface area contributed by atoms with E-state index in [2.05, 4.69) is 21.2 Å². The molecule has 0 atom stereocenters. The van der Waals surface area contributed by atoms with Crippen molar-refractivity contribution in [3.05, 3.63) is 52.0 Å². The summed E-state index contributed by atoms with van der Waals surface area (Å²) in [6.45, 7) is 3.73. The van der Waals surface area contributed by atoms with Crippen LogP contribution in [0.5, 0.6) is 11.5 Å². The van der Waals surface area contributed by atoms with Gasteiger partial charge in [-0.2, -0.15) is 0 Å². The molecule has 5 nitrogen and oxygen atoms in total. The number of nitrogens with one attached hydrogen (secondary N) is 1. The van der Waals surface area contributed by atoms with Crippen molar-refractivity contribution in [1.82, 2.24) is 0 Å². The average Bonchev–Trinajstić information content (AvgIpc) is 2.57. The number of benzene rings is 2. The summed E-state index contributed by atoms with van der Waals surface area (Å²) in [4.78, 5) is 24.3. The van der Waals surface area contributed by atoms with Crippen molar-refractivity contribution in [3.8, 4) is 11.5 Å². The third-order valence-corrected chi connectivity index (χ3v) is 3.90. The number of ether oxygens (including phenoxy) is 2. The van der Waals surface area contributed by atoms with Gasteiger partial charge in [0.1, 0.15) is 11.5 Å². The van der Waals surface area contributed by atoms with Gasteiger partial charge in [-0.3, -0.25) is 9.59 Å². The molecule has 0 radical (unpaired) electrons. The Morgan fingerprint density at radius 3 is 2.38 bits per heavy atom. The van der Waals surface area contributed by atoms with Gasteiger partial charge in [-0.15, -0.1) is 0 Å². The van der Waals surface area contributed by atoms with E-state index >= 15 is 0 Å². The van der Waals surface area contributed by atoms with E-state index in [0.29, 0.717) is 39.4 Å². The Kier molecular flexibility index (Phi) is 5.98. The first-order valence-electron chi connectivity index (χ1n) is 7.39. The molecule has 0 saturated heterocycles. The van der Waals surface area contributed by atoms with E-state index in [1.54, 1.807) is 43.5 Å². The molecule has 24 heavy (non-hydrogen) atoms. The Hall–Kier alpha value is -2.34. The fourth-order valence-electron chi connectivity index (χ4n) is 2.20. The fourth-order valence-corrected chi connectivity index (χ4v) is 2.66. The molecule has 126 valence electrons. The summed E-state index contributed by atoms with van der Waals surface area (Å²) in [7, 11) is 1.56.